The Bertz CT molecular complexity index is 1280. The van der Waals surface area contributed by atoms with Crippen molar-refractivity contribution < 1.29 is 9.13 Å². The first-order chi connectivity index (χ1) is 20.3. The van der Waals surface area contributed by atoms with Crippen molar-refractivity contribution in [1.29, 1.82) is 0 Å². The minimum Gasteiger partial charge on any atom is -0.493 e. The maximum absolute atomic E-state index is 15.5. The molecule has 0 radical (unpaired) electrons. The average Bonchev–Trinajstić information content (AvgIpc) is 3.03. The van der Waals surface area contributed by atoms with E-state index in [-0.39, 0.29) is 5.82 Å². The Morgan fingerprint density at radius 1 is 0.690 bits per heavy atom. The molecule has 0 heterocycles. The number of halogens is 1. The monoisotopic (exact) mass is 570 g/mol. The zero-order valence-electron chi connectivity index (χ0n) is 27.5. The number of hydrogen-bond donors (Lipinski definition) is 0. The molecule has 1 aliphatic carbocycles. The molecule has 0 atom stereocenters. The van der Waals surface area contributed by atoms with Gasteiger partial charge in [0.15, 0.2) is 0 Å². The highest BCUT2D eigenvalue weighted by Gasteiger charge is 2.24. The maximum atomic E-state index is 15.5. The van der Waals surface area contributed by atoms with Gasteiger partial charge in [0.2, 0.25) is 0 Å². The summed E-state index contributed by atoms with van der Waals surface area (Å²) in [5.74, 6) is 2.29. The van der Waals surface area contributed by atoms with Crippen molar-refractivity contribution in [3.63, 3.8) is 0 Å². The van der Waals surface area contributed by atoms with Gasteiger partial charge in [0.25, 0.3) is 0 Å². The highest BCUT2D eigenvalue weighted by atomic mass is 19.1. The SMILES string of the molecule is CCc1cc(-c2ccc(C3CCC(C)CC3)cc2F)ccc1-c1cc(CC)c(OCCC(CC)(CC)CC)c(CC)c1. The minimum atomic E-state index is -0.0952. The van der Waals surface area contributed by atoms with Crippen LogP contribution in [-0.2, 0) is 19.3 Å². The third-order valence-electron chi connectivity index (χ3n) is 10.7. The van der Waals surface area contributed by atoms with Crippen LogP contribution in [-0.4, -0.2) is 6.61 Å². The highest BCUT2D eigenvalue weighted by molar-refractivity contribution is 5.76. The molecule has 0 spiro atoms. The smallest absolute Gasteiger partial charge is 0.131 e. The molecule has 1 saturated carbocycles. The molecular weight excluding hydrogens is 515 g/mol. The van der Waals surface area contributed by atoms with Crippen molar-refractivity contribution in [3.05, 3.63) is 76.6 Å². The van der Waals surface area contributed by atoms with Gasteiger partial charge in [-0.15, -0.1) is 0 Å². The van der Waals surface area contributed by atoms with Crippen LogP contribution in [0.2, 0.25) is 0 Å². The predicted octanol–water partition coefficient (Wildman–Crippen LogP) is 12.1. The van der Waals surface area contributed by atoms with Crippen LogP contribution in [0, 0.1) is 17.2 Å². The van der Waals surface area contributed by atoms with Crippen molar-refractivity contribution in [1.82, 2.24) is 0 Å². The zero-order chi connectivity index (χ0) is 30.3. The summed E-state index contributed by atoms with van der Waals surface area (Å²) < 4.78 is 22.1. The largest absolute Gasteiger partial charge is 0.493 e. The minimum absolute atomic E-state index is 0.0952. The predicted molar refractivity (Wildman–Crippen MR) is 179 cm³/mol. The molecular formula is C40H55FO. The van der Waals surface area contributed by atoms with Crippen LogP contribution in [0.1, 0.15) is 128 Å². The summed E-state index contributed by atoms with van der Waals surface area (Å²) in [6.07, 6.45) is 12.3. The van der Waals surface area contributed by atoms with Gasteiger partial charge in [0.05, 0.1) is 6.61 Å². The van der Waals surface area contributed by atoms with Crippen LogP contribution in [0.4, 0.5) is 4.39 Å². The lowest BCUT2D eigenvalue weighted by molar-refractivity contribution is 0.172. The fourth-order valence-corrected chi connectivity index (χ4v) is 7.22. The molecule has 1 fully saturated rings. The summed E-state index contributed by atoms with van der Waals surface area (Å²) in [5, 5.41) is 0. The van der Waals surface area contributed by atoms with Gasteiger partial charge in [0.1, 0.15) is 11.6 Å². The van der Waals surface area contributed by atoms with Gasteiger partial charge in [-0.2, -0.15) is 0 Å². The molecule has 0 amide bonds. The van der Waals surface area contributed by atoms with E-state index in [4.69, 9.17) is 4.74 Å². The van der Waals surface area contributed by atoms with E-state index in [1.54, 1.807) is 6.07 Å². The van der Waals surface area contributed by atoms with Crippen LogP contribution in [0.15, 0.2) is 48.5 Å². The molecule has 1 nitrogen and oxygen atoms in total. The van der Waals surface area contributed by atoms with Crippen LogP contribution in [0.5, 0.6) is 5.75 Å². The zero-order valence-corrected chi connectivity index (χ0v) is 27.5. The van der Waals surface area contributed by atoms with Gasteiger partial charge in [-0.25, -0.2) is 4.39 Å². The summed E-state index contributed by atoms with van der Waals surface area (Å²) in [6.45, 7) is 16.7. The molecule has 0 saturated heterocycles. The molecule has 0 bridgehead atoms. The molecule has 3 aromatic carbocycles. The molecule has 0 aromatic heterocycles. The van der Waals surface area contributed by atoms with Gasteiger partial charge in [0, 0.05) is 5.56 Å². The first-order valence-corrected chi connectivity index (χ1v) is 17.0. The van der Waals surface area contributed by atoms with Gasteiger partial charge in [-0.1, -0.05) is 111 Å². The molecule has 42 heavy (non-hydrogen) atoms. The highest BCUT2D eigenvalue weighted by Crippen LogP contribution is 2.40. The first kappa shape index (κ1) is 32.3. The van der Waals surface area contributed by atoms with Crippen molar-refractivity contribution in [3.8, 4) is 28.0 Å². The quantitative estimate of drug-likeness (QED) is 0.199. The van der Waals surface area contributed by atoms with E-state index >= 15 is 4.39 Å². The third kappa shape index (κ3) is 7.12. The van der Waals surface area contributed by atoms with Gasteiger partial charge in [-0.05, 0) is 113 Å². The lowest BCUT2D eigenvalue weighted by atomic mass is 9.77. The fraction of sp³-hybridized carbons (Fsp3) is 0.550. The van der Waals surface area contributed by atoms with Crippen LogP contribution in [0.25, 0.3) is 22.3 Å². The Kier molecular flexibility index (Phi) is 11.3. The molecule has 3 aromatic rings. The van der Waals surface area contributed by atoms with Crippen molar-refractivity contribution in [2.75, 3.05) is 6.61 Å². The molecule has 0 N–H and O–H groups in total. The second kappa shape index (κ2) is 14.7. The Morgan fingerprint density at radius 2 is 1.26 bits per heavy atom. The van der Waals surface area contributed by atoms with Crippen molar-refractivity contribution in [2.24, 2.45) is 11.3 Å². The van der Waals surface area contributed by atoms with E-state index in [1.165, 1.54) is 78.3 Å². The Labute approximate surface area is 256 Å². The number of hydrogen-bond acceptors (Lipinski definition) is 1. The Morgan fingerprint density at radius 3 is 1.81 bits per heavy atom. The first-order valence-electron chi connectivity index (χ1n) is 17.0. The maximum Gasteiger partial charge on any atom is 0.131 e. The second-order valence-electron chi connectivity index (χ2n) is 12.9. The molecule has 1 aliphatic rings. The van der Waals surface area contributed by atoms with E-state index in [0.717, 1.165) is 49.5 Å². The summed E-state index contributed by atoms with van der Waals surface area (Å²) in [4.78, 5) is 0. The fourth-order valence-electron chi connectivity index (χ4n) is 7.22. The standard InChI is InChI=1S/C40H55FO/c1-8-29-24-34(37-21-18-33(27-38(37)41)32-16-14-28(7)15-17-32)19-20-36(29)35-25-30(9-2)39(31(10-3)26-35)42-23-22-40(11-4,12-5)13-6/h18-21,24-28,32H,8-17,22-23H2,1-7H3. The Hall–Kier alpha value is -2.61. The van der Waals surface area contributed by atoms with E-state index in [2.05, 4.69) is 84.9 Å². The number of ether oxygens (including phenoxy) is 1. The second-order valence-corrected chi connectivity index (χ2v) is 12.9. The van der Waals surface area contributed by atoms with Crippen LogP contribution < -0.4 is 4.74 Å². The molecule has 0 unspecified atom stereocenters. The van der Waals surface area contributed by atoms with Gasteiger partial charge in [-0.3, -0.25) is 0 Å². The Balaban J connectivity index is 1.60. The summed E-state index contributed by atoms with van der Waals surface area (Å²) >= 11 is 0. The van der Waals surface area contributed by atoms with Crippen LogP contribution in [0.3, 0.4) is 0 Å². The number of aryl methyl sites for hydroxylation is 3. The number of rotatable bonds is 13. The molecule has 4 rings (SSSR count). The van der Waals surface area contributed by atoms with E-state index in [0.29, 0.717) is 16.9 Å². The van der Waals surface area contributed by atoms with Crippen molar-refractivity contribution in [2.45, 2.75) is 125 Å². The van der Waals surface area contributed by atoms with Gasteiger partial charge < -0.3 is 4.74 Å². The topological polar surface area (TPSA) is 9.23 Å². The molecule has 0 aliphatic heterocycles. The number of benzene rings is 3. The summed E-state index contributed by atoms with van der Waals surface area (Å²) in [5.41, 5.74) is 9.53. The average molecular weight is 571 g/mol. The molecule has 228 valence electrons. The van der Waals surface area contributed by atoms with Gasteiger partial charge >= 0.3 is 0 Å². The van der Waals surface area contributed by atoms with E-state index < -0.39 is 0 Å². The van der Waals surface area contributed by atoms with E-state index in [9.17, 15) is 0 Å². The molecule has 2 heteroatoms. The normalized spacial score (nSPS) is 17.4. The van der Waals surface area contributed by atoms with Crippen molar-refractivity contribution >= 4 is 0 Å². The lowest BCUT2D eigenvalue weighted by Crippen LogP contribution is -2.21. The van der Waals surface area contributed by atoms with Crippen LogP contribution >= 0.6 is 0 Å². The third-order valence-corrected chi connectivity index (χ3v) is 10.7. The summed E-state index contributed by atoms with van der Waals surface area (Å²) in [7, 11) is 0. The lowest BCUT2D eigenvalue weighted by Gasteiger charge is -2.30. The van der Waals surface area contributed by atoms with E-state index in [1.807, 2.05) is 6.07 Å². The summed E-state index contributed by atoms with van der Waals surface area (Å²) in [6, 6.07) is 17.2.